The van der Waals surface area contributed by atoms with E-state index in [-0.39, 0.29) is 18.0 Å². The minimum absolute atomic E-state index is 0.0578. The normalized spacial score (nSPS) is 26.7. The quantitative estimate of drug-likeness (QED) is 0.502. The van der Waals surface area contributed by atoms with E-state index in [2.05, 4.69) is 5.32 Å². The lowest BCUT2D eigenvalue weighted by Gasteiger charge is -2.13. The Balaban J connectivity index is 2.44. The van der Waals surface area contributed by atoms with Gasteiger partial charge in [0.05, 0.1) is 0 Å². The van der Waals surface area contributed by atoms with Crippen molar-refractivity contribution in [1.29, 1.82) is 0 Å². The fraction of sp³-hybridized carbons (Fsp3) is 0.667. The summed E-state index contributed by atoms with van der Waals surface area (Å²) in [6, 6.07) is 0. The number of hydrogen-bond acceptors (Lipinski definition) is 3. The molecule has 90 valence electrons. The van der Waals surface area contributed by atoms with Gasteiger partial charge in [-0.05, 0) is 19.8 Å². The molecule has 0 radical (unpaired) electrons. The number of cyclic esters (lactones) is 1. The molecule has 1 N–H and O–H groups in total. The summed E-state index contributed by atoms with van der Waals surface area (Å²) in [5, 5.41) is 2.80. The first kappa shape index (κ1) is 12.7. The minimum Gasteiger partial charge on any atom is -0.463 e. The topological polar surface area (TPSA) is 55.4 Å². The SMILES string of the molecule is CC1CCNC(=O)CC/C=C/CCC(=O)O1. The molecule has 1 amide bonds. The zero-order valence-corrected chi connectivity index (χ0v) is 9.70. The number of amides is 1. The molecule has 0 aromatic rings. The first-order valence-electron chi connectivity index (χ1n) is 5.79. The summed E-state index contributed by atoms with van der Waals surface area (Å²) in [5.74, 6) is -0.106. The third-order valence-electron chi connectivity index (χ3n) is 2.43. The van der Waals surface area contributed by atoms with E-state index in [0.29, 0.717) is 32.2 Å². The van der Waals surface area contributed by atoms with Gasteiger partial charge in [-0.1, -0.05) is 12.2 Å². The van der Waals surface area contributed by atoms with Crippen LogP contribution in [0.3, 0.4) is 0 Å². The Morgan fingerprint density at radius 1 is 1.25 bits per heavy atom. The second kappa shape index (κ2) is 7.04. The van der Waals surface area contributed by atoms with Gasteiger partial charge in [-0.2, -0.15) is 0 Å². The van der Waals surface area contributed by atoms with Crippen LogP contribution in [0.5, 0.6) is 0 Å². The second-order valence-electron chi connectivity index (χ2n) is 3.99. The number of nitrogens with one attached hydrogen (secondary N) is 1. The van der Waals surface area contributed by atoms with Crippen LogP contribution in [0.15, 0.2) is 12.2 Å². The number of carbonyl (C=O) groups excluding carboxylic acids is 2. The Morgan fingerprint density at radius 3 is 2.69 bits per heavy atom. The van der Waals surface area contributed by atoms with E-state index in [1.807, 2.05) is 19.1 Å². The Labute approximate surface area is 96.0 Å². The molecule has 0 aromatic heterocycles. The van der Waals surface area contributed by atoms with E-state index in [9.17, 15) is 9.59 Å². The fourth-order valence-electron chi connectivity index (χ4n) is 1.50. The summed E-state index contributed by atoms with van der Waals surface area (Å²) < 4.78 is 5.18. The minimum atomic E-state index is -0.164. The number of carbonyl (C=O) groups is 2. The van der Waals surface area contributed by atoms with E-state index in [0.717, 1.165) is 6.42 Å². The van der Waals surface area contributed by atoms with Crippen LogP contribution >= 0.6 is 0 Å². The van der Waals surface area contributed by atoms with Crippen molar-refractivity contribution in [3.05, 3.63) is 12.2 Å². The predicted octanol–water partition coefficient (Wildman–Crippen LogP) is 1.55. The van der Waals surface area contributed by atoms with Gasteiger partial charge in [0.1, 0.15) is 6.10 Å². The van der Waals surface area contributed by atoms with Crippen LogP contribution in [-0.2, 0) is 14.3 Å². The summed E-state index contributed by atoms with van der Waals surface area (Å²) in [6.07, 6.45) is 6.76. The lowest BCUT2D eigenvalue weighted by Crippen LogP contribution is -2.27. The summed E-state index contributed by atoms with van der Waals surface area (Å²) in [4.78, 5) is 22.6. The van der Waals surface area contributed by atoms with Crippen LogP contribution in [0.4, 0.5) is 0 Å². The molecule has 0 saturated carbocycles. The average molecular weight is 225 g/mol. The summed E-state index contributed by atoms with van der Waals surface area (Å²) >= 11 is 0. The number of hydrogen-bond donors (Lipinski definition) is 1. The number of esters is 1. The number of rotatable bonds is 0. The highest BCUT2D eigenvalue weighted by molar-refractivity contribution is 5.76. The zero-order chi connectivity index (χ0) is 11.8. The molecule has 16 heavy (non-hydrogen) atoms. The van der Waals surface area contributed by atoms with E-state index >= 15 is 0 Å². The van der Waals surface area contributed by atoms with Crippen molar-refractivity contribution in [2.45, 2.75) is 45.1 Å². The smallest absolute Gasteiger partial charge is 0.306 e. The van der Waals surface area contributed by atoms with Crippen LogP contribution in [0.25, 0.3) is 0 Å². The third kappa shape index (κ3) is 5.53. The van der Waals surface area contributed by atoms with Gasteiger partial charge >= 0.3 is 5.97 Å². The van der Waals surface area contributed by atoms with Crippen LogP contribution < -0.4 is 5.32 Å². The highest BCUT2D eigenvalue weighted by Gasteiger charge is 2.09. The maximum atomic E-state index is 11.3. The molecule has 1 atom stereocenters. The molecule has 1 aliphatic heterocycles. The lowest BCUT2D eigenvalue weighted by atomic mass is 10.2. The molecule has 0 aromatic carbocycles. The van der Waals surface area contributed by atoms with E-state index in [1.54, 1.807) is 0 Å². The third-order valence-corrected chi connectivity index (χ3v) is 2.43. The summed E-state index contributed by atoms with van der Waals surface area (Å²) in [6.45, 7) is 2.41. The lowest BCUT2D eigenvalue weighted by molar-refractivity contribution is -0.148. The molecule has 0 fully saturated rings. The highest BCUT2D eigenvalue weighted by Crippen LogP contribution is 2.03. The van der Waals surface area contributed by atoms with Gasteiger partial charge in [0, 0.05) is 25.8 Å². The Morgan fingerprint density at radius 2 is 1.94 bits per heavy atom. The molecular weight excluding hydrogens is 206 g/mol. The van der Waals surface area contributed by atoms with Crippen molar-refractivity contribution in [2.24, 2.45) is 0 Å². The Bertz CT molecular complexity index is 273. The standard InChI is InChI=1S/C12H19NO3/c1-10-8-9-13-11(14)6-4-2-3-5-7-12(15)16-10/h2-3,10H,4-9H2,1H3,(H,13,14)/b3-2+. The van der Waals surface area contributed by atoms with Crippen molar-refractivity contribution in [3.63, 3.8) is 0 Å². The molecular formula is C12H19NO3. The van der Waals surface area contributed by atoms with Crippen LogP contribution in [-0.4, -0.2) is 24.5 Å². The van der Waals surface area contributed by atoms with Crippen LogP contribution in [0.2, 0.25) is 0 Å². The molecule has 1 rings (SSSR count). The highest BCUT2D eigenvalue weighted by atomic mass is 16.5. The molecule has 1 unspecified atom stereocenters. The molecule has 0 aliphatic carbocycles. The van der Waals surface area contributed by atoms with Crippen LogP contribution in [0.1, 0.15) is 39.0 Å². The molecule has 1 aliphatic rings. The number of ether oxygens (including phenoxy) is 1. The maximum Gasteiger partial charge on any atom is 0.306 e. The van der Waals surface area contributed by atoms with E-state index in [1.165, 1.54) is 0 Å². The van der Waals surface area contributed by atoms with Gasteiger partial charge in [-0.25, -0.2) is 0 Å². The van der Waals surface area contributed by atoms with Gasteiger partial charge in [0.15, 0.2) is 0 Å². The molecule has 0 saturated heterocycles. The van der Waals surface area contributed by atoms with Crippen molar-refractivity contribution in [3.8, 4) is 0 Å². The largest absolute Gasteiger partial charge is 0.463 e. The van der Waals surface area contributed by atoms with Crippen molar-refractivity contribution in [1.82, 2.24) is 5.32 Å². The van der Waals surface area contributed by atoms with Crippen molar-refractivity contribution < 1.29 is 14.3 Å². The monoisotopic (exact) mass is 225 g/mol. The van der Waals surface area contributed by atoms with E-state index in [4.69, 9.17) is 4.74 Å². The first-order chi connectivity index (χ1) is 7.68. The fourth-order valence-corrected chi connectivity index (χ4v) is 1.50. The summed E-state index contributed by atoms with van der Waals surface area (Å²) in [7, 11) is 0. The van der Waals surface area contributed by atoms with Gasteiger partial charge in [-0.15, -0.1) is 0 Å². The molecule has 0 bridgehead atoms. The first-order valence-corrected chi connectivity index (χ1v) is 5.79. The molecule has 4 nitrogen and oxygen atoms in total. The van der Waals surface area contributed by atoms with Crippen molar-refractivity contribution in [2.75, 3.05) is 6.54 Å². The predicted molar refractivity (Wildman–Crippen MR) is 60.8 cm³/mol. The Hall–Kier alpha value is -1.32. The van der Waals surface area contributed by atoms with Gasteiger partial charge in [0.25, 0.3) is 0 Å². The molecule has 4 heteroatoms. The van der Waals surface area contributed by atoms with E-state index < -0.39 is 0 Å². The Kier molecular flexibility index (Phi) is 5.61. The molecule has 0 spiro atoms. The summed E-state index contributed by atoms with van der Waals surface area (Å²) in [5.41, 5.74) is 0. The van der Waals surface area contributed by atoms with Gasteiger partial charge in [0.2, 0.25) is 5.91 Å². The second-order valence-corrected chi connectivity index (χ2v) is 3.99. The molecule has 1 heterocycles. The maximum absolute atomic E-state index is 11.3. The average Bonchev–Trinajstić information content (AvgIpc) is 2.23. The number of allylic oxidation sites excluding steroid dienone is 2. The van der Waals surface area contributed by atoms with Gasteiger partial charge < -0.3 is 10.1 Å². The van der Waals surface area contributed by atoms with Crippen LogP contribution in [0, 0.1) is 0 Å². The zero-order valence-electron chi connectivity index (χ0n) is 9.70. The van der Waals surface area contributed by atoms with Crippen molar-refractivity contribution >= 4 is 11.9 Å². The van der Waals surface area contributed by atoms with Gasteiger partial charge in [-0.3, -0.25) is 9.59 Å².